The molecule has 0 aromatic heterocycles. The van der Waals surface area contributed by atoms with E-state index in [1.165, 1.54) is 18.2 Å². The third kappa shape index (κ3) is 5.65. The number of carbonyl (C=O) groups excluding carboxylic acids is 2. The maximum Gasteiger partial charge on any atom is 0.269 e. The molecule has 33 heavy (non-hydrogen) atoms. The Morgan fingerprint density at radius 2 is 1.55 bits per heavy atom. The second kappa shape index (κ2) is 9.96. The van der Waals surface area contributed by atoms with Gasteiger partial charge in [0.1, 0.15) is 0 Å². The summed E-state index contributed by atoms with van der Waals surface area (Å²) in [6.07, 6.45) is 0.953. The Kier molecular flexibility index (Phi) is 6.84. The monoisotopic (exact) mass is 477 g/mol. The van der Waals surface area contributed by atoms with E-state index in [1.807, 2.05) is 0 Å². The number of hydrogen-bond donors (Lipinski definition) is 3. The van der Waals surface area contributed by atoms with Gasteiger partial charge in [0.25, 0.3) is 5.91 Å². The molecule has 0 saturated carbocycles. The summed E-state index contributed by atoms with van der Waals surface area (Å²) in [6, 6.07) is 9.08. The largest absolute Gasteiger partial charge is 0.490 e. The van der Waals surface area contributed by atoms with Crippen molar-refractivity contribution in [3.8, 4) is 23.0 Å². The summed E-state index contributed by atoms with van der Waals surface area (Å²) < 4.78 is 48.9. The van der Waals surface area contributed by atoms with Crippen LogP contribution in [0.2, 0.25) is 0 Å². The molecule has 0 fully saturated rings. The van der Waals surface area contributed by atoms with Crippen LogP contribution in [0, 0.1) is 0 Å². The third-order valence-electron chi connectivity index (χ3n) is 4.85. The minimum atomic E-state index is -3.78. The quantitative estimate of drug-likeness (QED) is 0.398. The molecule has 11 nitrogen and oxygen atoms in total. The molecule has 0 atom stereocenters. The fraction of sp³-hybridized carbons (Fsp3) is 0.333. The van der Waals surface area contributed by atoms with Crippen LogP contribution >= 0.6 is 0 Å². The maximum atomic E-state index is 12.5. The summed E-state index contributed by atoms with van der Waals surface area (Å²) in [7, 11) is -3.78. The lowest BCUT2D eigenvalue weighted by atomic mass is 10.2. The zero-order valence-electron chi connectivity index (χ0n) is 17.6. The Bertz CT molecular complexity index is 1150. The second-order valence-corrected chi connectivity index (χ2v) is 9.00. The van der Waals surface area contributed by atoms with E-state index < -0.39 is 21.8 Å². The molecule has 0 bridgehead atoms. The summed E-state index contributed by atoms with van der Waals surface area (Å²) in [5.74, 6) is 0.911. The van der Waals surface area contributed by atoms with Crippen molar-refractivity contribution in [3.63, 3.8) is 0 Å². The van der Waals surface area contributed by atoms with Gasteiger partial charge in [-0.05, 0) is 36.8 Å². The molecule has 2 aliphatic heterocycles. The average molecular weight is 477 g/mol. The van der Waals surface area contributed by atoms with Gasteiger partial charge in [-0.2, -0.15) is 0 Å². The first-order chi connectivity index (χ1) is 15.9. The molecule has 0 spiro atoms. The van der Waals surface area contributed by atoms with Gasteiger partial charge in [-0.3, -0.25) is 20.4 Å². The zero-order valence-corrected chi connectivity index (χ0v) is 18.4. The number of sulfonamides is 1. The van der Waals surface area contributed by atoms with E-state index in [0.29, 0.717) is 48.2 Å². The van der Waals surface area contributed by atoms with Gasteiger partial charge in [0, 0.05) is 31.0 Å². The van der Waals surface area contributed by atoms with Crippen LogP contribution in [0.1, 0.15) is 29.6 Å². The third-order valence-corrected chi connectivity index (χ3v) is 6.31. The van der Waals surface area contributed by atoms with Crippen molar-refractivity contribution in [1.82, 2.24) is 15.6 Å². The summed E-state index contributed by atoms with van der Waals surface area (Å²) in [5.41, 5.74) is 4.90. The van der Waals surface area contributed by atoms with Crippen molar-refractivity contribution < 1.29 is 37.0 Å². The van der Waals surface area contributed by atoms with Crippen molar-refractivity contribution in [2.75, 3.05) is 26.6 Å². The van der Waals surface area contributed by atoms with Crippen LogP contribution in [-0.2, 0) is 14.8 Å². The highest BCUT2D eigenvalue weighted by Gasteiger charge is 2.19. The van der Waals surface area contributed by atoms with Gasteiger partial charge in [0.15, 0.2) is 23.0 Å². The molecule has 0 unspecified atom stereocenters. The van der Waals surface area contributed by atoms with Crippen molar-refractivity contribution >= 4 is 21.8 Å². The standard InChI is InChI=1S/C21H23N3O8S/c25-20(23-24-21(26)14-4-6-17-18(11-14)32-13-31-17)3-1-8-22-33(27,28)15-5-7-16-19(12-15)30-10-2-9-29-16/h4-7,11-12,22H,1-3,8-10,13H2,(H,23,25)(H,24,26). The lowest BCUT2D eigenvalue weighted by Gasteiger charge is -2.11. The summed E-state index contributed by atoms with van der Waals surface area (Å²) in [6.45, 7) is 1.09. The van der Waals surface area contributed by atoms with Crippen LogP contribution < -0.4 is 34.5 Å². The van der Waals surface area contributed by atoms with E-state index in [4.69, 9.17) is 18.9 Å². The lowest BCUT2D eigenvalue weighted by Crippen LogP contribution is -2.41. The molecule has 3 N–H and O–H groups in total. The van der Waals surface area contributed by atoms with Crippen LogP contribution in [0.5, 0.6) is 23.0 Å². The van der Waals surface area contributed by atoms with Gasteiger partial charge >= 0.3 is 0 Å². The zero-order chi connectivity index (χ0) is 23.3. The highest BCUT2D eigenvalue weighted by atomic mass is 32.2. The van der Waals surface area contributed by atoms with E-state index in [1.54, 1.807) is 18.2 Å². The normalized spacial score (nSPS) is 14.3. The predicted octanol–water partition coefficient (Wildman–Crippen LogP) is 1.10. The number of hydrazine groups is 1. The molecule has 176 valence electrons. The Hall–Kier alpha value is -3.51. The number of nitrogens with one attached hydrogen (secondary N) is 3. The lowest BCUT2D eigenvalue weighted by molar-refractivity contribution is -0.121. The molecule has 2 heterocycles. The molecule has 4 rings (SSSR count). The molecular weight excluding hydrogens is 454 g/mol. The summed E-state index contributed by atoms with van der Waals surface area (Å²) in [5, 5.41) is 0. The topological polar surface area (TPSA) is 141 Å². The van der Waals surface area contributed by atoms with E-state index in [9.17, 15) is 18.0 Å². The Morgan fingerprint density at radius 1 is 0.848 bits per heavy atom. The Balaban J connectivity index is 1.20. The number of ether oxygens (including phenoxy) is 4. The summed E-state index contributed by atoms with van der Waals surface area (Å²) >= 11 is 0. The molecule has 12 heteroatoms. The molecule has 2 amide bonds. The molecule has 2 aromatic rings. The van der Waals surface area contributed by atoms with Gasteiger partial charge < -0.3 is 18.9 Å². The molecule has 0 aliphatic carbocycles. The van der Waals surface area contributed by atoms with Crippen molar-refractivity contribution in [3.05, 3.63) is 42.0 Å². The van der Waals surface area contributed by atoms with Crippen LogP contribution in [-0.4, -0.2) is 46.8 Å². The highest BCUT2D eigenvalue weighted by molar-refractivity contribution is 7.89. The predicted molar refractivity (Wildman–Crippen MR) is 115 cm³/mol. The van der Waals surface area contributed by atoms with Gasteiger partial charge in [-0.1, -0.05) is 0 Å². The first-order valence-electron chi connectivity index (χ1n) is 10.3. The number of rotatable bonds is 7. The highest BCUT2D eigenvalue weighted by Crippen LogP contribution is 2.33. The van der Waals surface area contributed by atoms with Crippen LogP contribution in [0.3, 0.4) is 0 Å². The molecule has 0 saturated heterocycles. The maximum absolute atomic E-state index is 12.5. The van der Waals surface area contributed by atoms with E-state index in [-0.39, 0.29) is 31.1 Å². The number of benzene rings is 2. The van der Waals surface area contributed by atoms with Gasteiger partial charge in [0.05, 0.1) is 18.1 Å². The van der Waals surface area contributed by atoms with Crippen LogP contribution in [0.25, 0.3) is 0 Å². The number of amides is 2. The SMILES string of the molecule is O=C(CCCNS(=O)(=O)c1ccc2c(c1)OCCCO2)NNC(=O)c1ccc2c(c1)OCO2. The number of carbonyl (C=O) groups is 2. The first-order valence-corrected chi connectivity index (χ1v) is 11.8. The molecule has 2 aliphatic rings. The summed E-state index contributed by atoms with van der Waals surface area (Å²) in [4.78, 5) is 24.2. The second-order valence-electron chi connectivity index (χ2n) is 7.23. The minimum Gasteiger partial charge on any atom is -0.490 e. The van der Waals surface area contributed by atoms with E-state index in [2.05, 4.69) is 15.6 Å². The Labute approximate surface area is 190 Å². The smallest absolute Gasteiger partial charge is 0.269 e. The van der Waals surface area contributed by atoms with Gasteiger partial charge in [-0.25, -0.2) is 13.1 Å². The molecule has 0 radical (unpaired) electrons. The van der Waals surface area contributed by atoms with E-state index >= 15 is 0 Å². The van der Waals surface area contributed by atoms with Gasteiger partial charge in [-0.15, -0.1) is 0 Å². The number of fused-ring (bicyclic) bond motifs is 2. The number of hydrogen-bond acceptors (Lipinski definition) is 8. The fourth-order valence-electron chi connectivity index (χ4n) is 3.15. The van der Waals surface area contributed by atoms with Crippen molar-refractivity contribution in [2.45, 2.75) is 24.2 Å². The minimum absolute atomic E-state index is 0.00504. The molecule has 2 aromatic carbocycles. The van der Waals surface area contributed by atoms with E-state index in [0.717, 1.165) is 0 Å². The average Bonchev–Trinajstić information content (AvgIpc) is 3.16. The van der Waals surface area contributed by atoms with Crippen molar-refractivity contribution in [1.29, 1.82) is 0 Å². The Morgan fingerprint density at radius 3 is 2.39 bits per heavy atom. The van der Waals surface area contributed by atoms with Crippen LogP contribution in [0.4, 0.5) is 0 Å². The fourth-order valence-corrected chi connectivity index (χ4v) is 4.24. The van der Waals surface area contributed by atoms with Crippen LogP contribution in [0.15, 0.2) is 41.3 Å². The first kappa shape index (κ1) is 22.7. The van der Waals surface area contributed by atoms with Crippen molar-refractivity contribution in [2.24, 2.45) is 0 Å². The molecular formula is C21H23N3O8S. The van der Waals surface area contributed by atoms with Gasteiger partial charge in [0.2, 0.25) is 22.7 Å².